The van der Waals surface area contributed by atoms with Crippen LogP contribution in [0, 0.1) is 5.82 Å². The first-order valence-electron chi connectivity index (χ1n) is 6.34. The SMILES string of the molecule is CCc1nn(C)c(CC(N)c2cc(Br)ccc2F)c1Br. The van der Waals surface area contributed by atoms with E-state index in [1.807, 2.05) is 14.0 Å². The minimum absolute atomic E-state index is 0.283. The lowest BCUT2D eigenvalue weighted by Crippen LogP contribution is -2.17. The topological polar surface area (TPSA) is 43.8 Å². The summed E-state index contributed by atoms with van der Waals surface area (Å²) in [6.45, 7) is 2.05. The van der Waals surface area contributed by atoms with Gasteiger partial charge in [-0.05, 0) is 40.5 Å². The van der Waals surface area contributed by atoms with Gasteiger partial charge in [-0.1, -0.05) is 22.9 Å². The van der Waals surface area contributed by atoms with Crippen molar-refractivity contribution in [3.8, 4) is 0 Å². The second-order valence-electron chi connectivity index (χ2n) is 4.66. The Morgan fingerprint density at radius 3 is 2.70 bits per heavy atom. The van der Waals surface area contributed by atoms with Gasteiger partial charge in [0.1, 0.15) is 5.82 Å². The van der Waals surface area contributed by atoms with Gasteiger partial charge in [0, 0.05) is 29.5 Å². The van der Waals surface area contributed by atoms with Gasteiger partial charge in [0.05, 0.1) is 15.9 Å². The van der Waals surface area contributed by atoms with Gasteiger partial charge in [-0.2, -0.15) is 5.10 Å². The zero-order chi connectivity index (χ0) is 14.9. The highest BCUT2D eigenvalue weighted by molar-refractivity contribution is 9.10. The van der Waals surface area contributed by atoms with E-state index in [4.69, 9.17) is 5.73 Å². The number of hydrogen-bond donors (Lipinski definition) is 1. The molecule has 1 unspecified atom stereocenters. The molecule has 0 aliphatic carbocycles. The first-order valence-corrected chi connectivity index (χ1v) is 7.93. The predicted molar refractivity (Wildman–Crippen MR) is 85.0 cm³/mol. The van der Waals surface area contributed by atoms with Crippen LogP contribution in [0.1, 0.15) is 29.9 Å². The van der Waals surface area contributed by atoms with E-state index in [2.05, 4.69) is 37.0 Å². The Hall–Kier alpha value is -0.720. The van der Waals surface area contributed by atoms with Crippen molar-refractivity contribution in [3.05, 3.63) is 49.9 Å². The van der Waals surface area contributed by atoms with Gasteiger partial charge in [-0.25, -0.2) is 4.39 Å². The first kappa shape index (κ1) is 15.7. The second kappa shape index (κ2) is 6.37. The lowest BCUT2D eigenvalue weighted by molar-refractivity contribution is 0.568. The molecular formula is C14H16Br2FN3. The molecule has 0 fully saturated rings. The van der Waals surface area contributed by atoms with Crippen molar-refractivity contribution in [2.24, 2.45) is 12.8 Å². The van der Waals surface area contributed by atoms with E-state index in [0.29, 0.717) is 12.0 Å². The van der Waals surface area contributed by atoms with Crippen LogP contribution >= 0.6 is 31.9 Å². The molecule has 0 aliphatic heterocycles. The monoisotopic (exact) mass is 403 g/mol. The lowest BCUT2D eigenvalue weighted by Gasteiger charge is -2.14. The molecule has 0 bridgehead atoms. The fourth-order valence-electron chi connectivity index (χ4n) is 2.16. The molecule has 1 heterocycles. The highest BCUT2D eigenvalue weighted by Crippen LogP contribution is 2.28. The van der Waals surface area contributed by atoms with Crippen molar-refractivity contribution in [1.82, 2.24) is 9.78 Å². The molecule has 0 aliphatic rings. The van der Waals surface area contributed by atoms with Crippen molar-refractivity contribution in [1.29, 1.82) is 0 Å². The van der Waals surface area contributed by atoms with Gasteiger partial charge in [-0.15, -0.1) is 0 Å². The summed E-state index contributed by atoms with van der Waals surface area (Å²) in [6, 6.07) is 4.41. The summed E-state index contributed by atoms with van der Waals surface area (Å²) in [6.07, 6.45) is 1.37. The van der Waals surface area contributed by atoms with Gasteiger partial charge >= 0.3 is 0 Å². The maximum Gasteiger partial charge on any atom is 0.128 e. The molecule has 0 spiro atoms. The molecule has 2 rings (SSSR count). The molecular weight excluding hydrogens is 389 g/mol. The van der Waals surface area contributed by atoms with E-state index in [-0.39, 0.29) is 5.82 Å². The zero-order valence-electron chi connectivity index (χ0n) is 11.3. The molecule has 1 aromatic carbocycles. The Kier molecular flexibility index (Phi) is 4.99. The average molecular weight is 405 g/mol. The van der Waals surface area contributed by atoms with Crippen LogP contribution in [0.2, 0.25) is 0 Å². The zero-order valence-corrected chi connectivity index (χ0v) is 14.5. The molecule has 2 aromatic rings. The fourth-order valence-corrected chi connectivity index (χ4v) is 3.32. The predicted octanol–water partition coefficient (Wildman–Crippen LogP) is 3.89. The van der Waals surface area contributed by atoms with Crippen LogP contribution in [0.15, 0.2) is 27.1 Å². The number of aryl methyl sites for hydroxylation is 2. The summed E-state index contributed by atoms with van der Waals surface area (Å²) in [4.78, 5) is 0. The molecule has 1 aromatic heterocycles. The van der Waals surface area contributed by atoms with Crippen molar-refractivity contribution < 1.29 is 4.39 Å². The Bertz CT molecular complexity index is 625. The second-order valence-corrected chi connectivity index (χ2v) is 6.37. The Labute approximate surface area is 134 Å². The molecule has 0 saturated carbocycles. The molecule has 20 heavy (non-hydrogen) atoms. The minimum Gasteiger partial charge on any atom is -0.324 e. The Morgan fingerprint density at radius 1 is 1.40 bits per heavy atom. The third-order valence-corrected chi connectivity index (χ3v) is 4.68. The van der Waals surface area contributed by atoms with E-state index in [9.17, 15) is 4.39 Å². The summed E-state index contributed by atoms with van der Waals surface area (Å²) in [5, 5.41) is 4.43. The standard InChI is InChI=1S/C14H16Br2FN3/c1-3-12-14(16)13(20(2)19-12)7-11(18)9-6-8(15)4-5-10(9)17/h4-6,11H,3,7,18H2,1-2H3. The lowest BCUT2D eigenvalue weighted by atomic mass is 10.0. The normalized spacial score (nSPS) is 12.7. The first-order chi connectivity index (χ1) is 9.43. The number of hydrogen-bond acceptors (Lipinski definition) is 2. The third kappa shape index (κ3) is 3.13. The van der Waals surface area contributed by atoms with E-state index in [1.54, 1.807) is 16.8 Å². The smallest absolute Gasteiger partial charge is 0.128 e. The fraction of sp³-hybridized carbons (Fsp3) is 0.357. The molecule has 6 heteroatoms. The van der Waals surface area contributed by atoms with Crippen molar-refractivity contribution >= 4 is 31.9 Å². The van der Waals surface area contributed by atoms with Gasteiger partial charge in [0.2, 0.25) is 0 Å². The molecule has 0 amide bonds. The summed E-state index contributed by atoms with van der Waals surface area (Å²) in [5.74, 6) is -0.283. The Balaban J connectivity index is 2.30. The Morgan fingerprint density at radius 2 is 2.10 bits per heavy atom. The number of nitrogens with zero attached hydrogens (tertiary/aromatic N) is 2. The number of benzene rings is 1. The van der Waals surface area contributed by atoms with E-state index in [0.717, 1.165) is 26.8 Å². The van der Waals surface area contributed by atoms with Crippen LogP contribution in [0.4, 0.5) is 4.39 Å². The number of rotatable bonds is 4. The summed E-state index contributed by atoms with van der Waals surface area (Å²) >= 11 is 6.90. The molecule has 3 nitrogen and oxygen atoms in total. The van der Waals surface area contributed by atoms with Crippen LogP contribution in [-0.2, 0) is 19.9 Å². The highest BCUT2D eigenvalue weighted by Gasteiger charge is 2.18. The molecule has 108 valence electrons. The van der Waals surface area contributed by atoms with Gasteiger partial charge in [-0.3, -0.25) is 4.68 Å². The summed E-state index contributed by atoms with van der Waals surface area (Å²) < 4.78 is 17.5. The molecule has 2 N–H and O–H groups in total. The van der Waals surface area contributed by atoms with Gasteiger partial charge in [0.25, 0.3) is 0 Å². The van der Waals surface area contributed by atoms with Crippen LogP contribution in [0.3, 0.4) is 0 Å². The maximum atomic E-state index is 13.9. The van der Waals surface area contributed by atoms with E-state index < -0.39 is 6.04 Å². The number of nitrogens with two attached hydrogens (primary N) is 1. The number of aromatic nitrogens is 2. The highest BCUT2D eigenvalue weighted by atomic mass is 79.9. The van der Waals surface area contributed by atoms with Crippen LogP contribution in [0.25, 0.3) is 0 Å². The van der Waals surface area contributed by atoms with Crippen LogP contribution < -0.4 is 5.73 Å². The number of halogens is 3. The maximum absolute atomic E-state index is 13.9. The third-order valence-electron chi connectivity index (χ3n) is 3.27. The quantitative estimate of drug-likeness (QED) is 0.839. The van der Waals surface area contributed by atoms with Crippen LogP contribution in [0.5, 0.6) is 0 Å². The summed E-state index contributed by atoms with van der Waals surface area (Å²) in [7, 11) is 1.88. The van der Waals surface area contributed by atoms with E-state index >= 15 is 0 Å². The van der Waals surface area contributed by atoms with E-state index in [1.165, 1.54) is 6.07 Å². The van der Waals surface area contributed by atoms with Crippen molar-refractivity contribution in [2.75, 3.05) is 0 Å². The van der Waals surface area contributed by atoms with Gasteiger partial charge in [0.15, 0.2) is 0 Å². The van der Waals surface area contributed by atoms with Crippen LogP contribution in [-0.4, -0.2) is 9.78 Å². The molecule has 1 atom stereocenters. The van der Waals surface area contributed by atoms with Gasteiger partial charge < -0.3 is 5.73 Å². The largest absolute Gasteiger partial charge is 0.324 e. The average Bonchev–Trinajstić information content (AvgIpc) is 2.68. The minimum atomic E-state index is -0.413. The molecule has 0 radical (unpaired) electrons. The summed E-state index contributed by atoms with van der Waals surface area (Å²) in [5.41, 5.74) is 8.64. The molecule has 0 saturated heterocycles. The van der Waals surface area contributed by atoms with Crippen molar-refractivity contribution in [3.63, 3.8) is 0 Å². The van der Waals surface area contributed by atoms with Crippen molar-refractivity contribution in [2.45, 2.75) is 25.8 Å².